The van der Waals surface area contributed by atoms with Crippen molar-refractivity contribution in [2.24, 2.45) is 0 Å². The number of ether oxygens (including phenoxy) is 4. The van der Waals surface area contributed by atoms with E-state index >= 15 is 0 Å². The lowest BCUT2D eigenvalue weighted by Crippen LogP contribution is -2.51. The van der Waals surface area contributed by atoms with Crippen LogP contribution in [0.4, 0.5) is 4.39 Å². The predicted molar refractivity (Wildman–Crippen MR) is 137 cm³/mol. The Balaban J connectivity index is 2.05. The Hall–Kier alpha value is -3.85. The van der Waals surface area contributed by atoms with Gasteiger partial charge in [-0.15, -0.1) is 12.6 Å². The maximum atomic E-state index is 13.3. The molecular formula is C28H27FO7S. The van der Waals surface area contributed by atoms with Crippen molar-refractivity contribution in [2.45, 2.75) is 25.9 Å². The first-order valence-corrected chi connectivity index (χ1v) is 12.1. The number of esters is 2. The van der Waals surface area contributed by atoms with E-state index in [4.69, 9.17) is 18.9 Å². The van der Waals surface area contributed by atoms with Crippen LogP contribution in [-0.2, 0) is 31.1 Å². The van der Waals surface area contributed by atoms with Crippen LogP contribution in [0, 0.1) is 5.82 Å². The highest BCUT2D eigenvalue weighted by Crippen LogP contribution is 2.38. The van der Waals surface area contributed by atoms with Crippen LogP contribution in [0.3, 0.4) is 0 Å². The van der Waals surface area contributed by atoms with Crippen LogP contribution in [0.15, 0.2) is 72.8 Å². The number of hydrogen-bond acceptors (Lipinski definition) is 7. The average Bonchev–Trinajstić information content (AvgIpc) is 2.89. The maximum Gasteiger partial charge on any atom is 0.367 e. The Bertz CT molecular complexity index is 1210. The van der Waals surface area contributed by atoms with Gasteiger partial charge in [0.05, 0.1) is 19.8 Å². The quantitative estimate of drug-likeness (QED) is 0.204. The zero-order chi connectivity index (χ0) is 26.8. The van der Waals surface area contributed by atoms with Crippen LogP contribution in [0.25, 0.3) is 0 Å². The fourth-order valence-electron chi connectivity index (χ4n) is 3.53. The molecule has 0 bridgehead atoms. The molecule has 0 fully saturated rings. The molecule has 0 aliphatic carbocycles. The van der Waals surface area contributed by atoms with E-state index in [0.29, 0.717) is 6.42 Å². The minimum atomic E-state index is -2.33. The van der Waals surface area contributed by atoms with E-state index in [0.717, 1.165) is 5.56 Å². The molecule has 0 radical (unpaired) electrons. The van der Waals surface area contributed by atoms with Gasteiger partial charge in [0.15, 0.2) is 11.5 Å². The van der Waals surface area contributed by atoms with Crippen LogP contribution in [-0.4, -0.2) is 36.9 Å². The van der Waals surface area contributed by atoms with Crippen molar-refractivity contribution in [1.82, 2.24) is 0 Å². The average molecular weight is 527 g/mol. The monoisotopic (exact) mass is 526 g/mol. The minimum Gasteiger partial charge on any atom is -0.489 e. The number of carbonyl (C=O) groups is 3. The molecule has 7 nitrogen and oxygen atoms in total. The van der Waals surface area contributed by atoms with Crippen molar-refractivity contribution < 1.29 is 37.7 Å². The molecule has 0 aromatic heterocycles. The second-order valence-electron chi connectivity index (χ2n) is 7.78. The van der Waals surface area contributed by atoms with E-state index in [-0.39, 0.29) is 48.3 Å². The predicted octanol–water partition coefficient (Wildman–Crippen LogP) is 4.92. The largest absolute Gasteiger partial charge is 0.489 e. The molecule has 0 heterocycles. The van der Waals surface area contributed by atoms with Gasteiger partial charge in [-0.05, 0) is 49.7 Å². The molecule has 3 aromatic rings. The third-order valence-corrected chi connectivity index (χ3v) is 5.58. The molecule has 0 atom stereocenters. The van der Waals surface area contributed by atoms with Crippen molar-refractivity contribution in [3.63, 3.8) is 0 Å². The summed E-state index contributed by atoms with van der Waals surface area (Å²) in [5.41, 5.74) is -1.17. The van der Waals surface area contributed by atoms with Crippen LogP contribution < -0.4 is 9.47 Å². The Morgan fingerprint density at radius 1 is 0.838 bits per heavy atom. The molecule has 0 spiro atoms. The summed E-state index contributed by atoms with van der Waals surface area (Å²) >= 11 is 3.88. The standard InChI is InChI=1S/C28H27FO7S/c1-3-33-26(31)28(27(32)34-4-2,21-8-6-5-7-9-21)36-24-18-20(25(30)37)12-15-23(24)35-17-16-19-10-13-22(29)14-11-19/h5-15,18H,3-4,16-17H2,1-2H3,(H,30,37). The molecule has 0 aliphatic heterocycles. The van der Waals surface area contributed by atoms with Crippen LogP contribution in [0.1, 0.15) is 35.3 Å². The SMILES string of the molecule is CCOC(=O)C(Oc1cc(C(=O)S)ccc1OCCc1ccc(F)cc1)(C(=O)OCC)c1ccccc1. The van der Waals surface area contributed by atoms with Gasteiger partial charge in [-0.3, -0.25) is 4.79 Å². The van der Waals surface area contributed by atoms with Gasteiger partial charge in [-0.1, -0.05) is 42.5 Å². The summed E-state index contributed by atoms with van der Waals surface area (Å²) < 4.78 is 35.8. The molecule has 0 unspecified atom stereocenters. The van der Waals surface area contributed by atoms with E-state index < -0.39 is 22.7 Å². The third-order valence-electron chi connectivity index (χ3n) is 5.32. The minimum absolute atomic E-state index is 0.0215. The van der Waals surface area contributed by atoms with Gasteiger partial charge in [-0.25, -0.2) is 14.0 Å². The van der Waals surface area contributed by atoms with Crippen LogP contribution in [0.2, 0.25) is 0 Å². The molecular weight excluding hydrogens is 499 g/mol. The number of thiol groups is 1. The summed E-state index contributed by atoms with van der Waals surface area (Å²) in [5.74, 6) is -2.22. The second-order valence-corrected chi connectivity index (χ2v) is 8.19. The van der Waals surface area contributed by atoms with Gasteiger partial charge in [0.25, 0.3) is 0 Å². The first-order valence-electron chi connectivity index (χ1n) is 11.6. The molecule has 3 aromatic carbocycles. The highest BCUT2D eigenvalue weighted by atomic mass is 32.1. The topological polar surface area (TPSA) is 88.1 Å². The van der Waals surface area contributed by atoms with Crippen molar-refractivity contribution in [1.29, 1.82) is 0 Å². The van der Waals surface area contributed by atoms with E-state index in [1.807, 2.05) is 0 Å². The molecule has 0 saturated heterocycles. The van der Waals surface area contributed by atoms with Crippen LogP contribution >= 0.6 is 12.6 Å². The molecule has 37 heavy (non-hydrogen) atoms. The smallest absolute Gasteiger partial charge is 0.367 e. The summed E-state index contributed by atoms with van der Waals surface area (Å²) in [6.45, 7) is 3.32. The highest BCUT2D eigenvalue weighted by Gasteiger charge is 2.54. The van der Waals surface area contributed by atoms with Gasteiger partial charge in [-0.2, -0.15) is 0 Å². The van der Waals surface area contributed by atoms with Gasteiger partial charge in [0.1, 0.15) is 5.82 Å². The number of hydrogen-bond donors (Lipinski definition) is 1. The molecule has 9 heteroatoms. The summed E-state index contributed by atoms with van der Waals surface area (Å²) in [5, 5.41) is -0.555. The van der Waals surface area contributed by atoms with Gasteiger partial charge >= 0.3 is 17.5 Å². The number of benzene rings is 3. The van der Waals surface area contributed by atoms with Crippen LogP contribution in [0.5, 0.6) is 11.5 Å². The Morgan fingerprint density at radius 2 is 1.46 bits per heavy atom. The lowest BCUT2D eigenvalue weighted by atomic mass is 9.93. The first kappa shape index (κ1) is 27.7. The summed E-state index contributed by atoms with van der Waals surface area (Å²) in [4.78, 5) is 38.7. The molecule has 3 rings (SSSR count). The molecule has 0 N–H and O–H groups in total. The van der Waals surface area contributed by atoms with E-state index in [1.165, 1.54) is 42.5 Å². The Morgan fingerprint density at radius 3 is 2.03 bits per heavy atom. The van der Waals surface area contributed by atoms with Crippen molar-refractivity contribution in [3.05, 3.63) is 95.3 Å². The third kappa shape index (κ3) is 6.68. The highest BCUT2D eigenvalue weighted by molar-refractivity contribution is 7.97. The van der Waals surface area contributed by atoms with E-state index in [1.54, 1.807) is 44.2 Å². The van der Waals surface area contributed by atoms with E-state index in [2.05, 4.69) is 12.6 Å². The molecule has 0 aliphatic rings. The fourth-order valence-corrected chi connectivity index (χ4v) is 3.67. The molecule has 0 amide bonds. The van der Waals surface area contributed by atoms with Gasteiger partial charge in [0, 0.05) is 17.5 Å². The zero-order valence-corrected chi connectivity index (χ0v) is 21.3. The Labute approximate surface area is 219 Å². The van der Waals surface area contributed by atoms with Crippen molar-refractivity contribution >= 4 is 29.7 Å². The normalized spacial score (nSPS) is 10.9. The van der Waals surface area contributed by atoms with Crippen molar-refractivity contribution in [3.8, 4) is 11.5 Å². The zero-order valence-electron chi connectivity index (χ0n) is 20.4. The lowest BCUT2D eigenvalue weighted by Gasteiger charge is -2.31. The van der Waals surface area contributed by atoms with E-state index in [9.17, 15) is 18.8 Å². The molecule has 0 saturated carbocycles. The number of rotatable bonds is 12. The lowest BCUT2D eigenvalue weighted by molar-refractivity contribution is -0.181. The number of halogens is 1. The van der Waals surface area contributed by atoms with Gasteiger partial charge in [0.2, 0.25) is 5.12 Å². The van der Waals surface area contributed by atoms with Gasteiger partial charge < -0.3 is 18.9 Å². The fraction of sp³-hybridized carbons (Fsp3) is 0.250. The molecule has 194 valence electrons. The maximum absolute atomic E-state index is 13.3. The summed E-state index contributed by atoms with van der Waals surface area (Å²) in [6, 6.07) is 18.3. The second kappa shape index (κ2) is 12.9. The summed E-state index contributed by atoms with van der Waals surface area (Å²) in [7, 11) is 0. The Kier molecular flexibility index (Phi) is 9.68. The number of carbonyl (C=O) groups excluding carboxylic acids is 3. The summed E-state index contributed by atoms with van der Waals surface area (Å²) in [6.07, 6.45) is 0.437. The van der Waals surface area contributed by atoms with Crippen molar-refractivity contribution in [2.75, 3.05) is 19.8 Å². The first-order chi connectivity index (χ1) is 17.8.